The van der Waals surface area contributed by atoms with E-state index in [-0.39, 0.29) is 5.82 Å². The maximum atomic E-state index is 13.7. The first-order chi connectivity index (χ1) is 8.58. The van der Waals surface area contributed by atoms with Crippen molar-refractivity contribution in [2.24, 2.45) is 5.92 Å². The van der Waals surface area contributed by atoms with Crippen molar-refractivity contribution in [2.45, 2.75) is 20.3 Å². The van der Waals surface area contributed by atoms with Crippen molar-refractivity contribution in [3.05, 3.63) is 53.1 Å². The summed E-state index contributed by atoms with van der Waals surface area (Å²) < 4.78 is 13.7. The van der Waals surface area contributed by atoms with E-state index in [1.54, 1.807) is 18.3 Å². The number of pyridine rings is 1. The molecule has 18 heavy (non-hydrogen) atoms. The summed E-state index contributed by atoms with van der Waals surface area (Å²) in [6.45, 7) is 4.28. The second-order valence-corrected chi connectivity index (χ2v) is 5.14. The zero-order valence-corrected chi connectivity index (χ0v) is 11.2. The molecule has 2 rings (SSSR count). The lowest BCUT2D eigenvalue weighted by atomic mass is 10.0. The van der Waals surface area contributed by atoms with E-state index < -0.39 is 0 Å². The fourth-order valence-corrected chi connectivity index (χ4v) is 2.16. The number of hydrogen-bond donors (Lipinski definition) is 0. The molecular weight excluding hydrogens is 249 g/mol. The second kappa shape index (κ2) is 5.49. The Bertz CT molecular complexity index is 514. The van der Waals surface area contributed by atoms with E-state index in [2.05, 4.69) is 18.8 Å². The fourth-order valence-electron chi connectivity index (χ4n) is 1.88. The van der Waals surface area contributed by atoms with Gasteiger partial charge in [0.05, 0.1) is 5.02 Å². The van der Waals surface area contributed by atoms with E-state index in [1.807, 2.05) is 12.1 Å². The first-order valence-corrected chi connectivity index (χ1v) is 6.35. The summed E-state index contributed by atoms with van der Waals surface area (Å²) in [4.78, 5) is 4.35. The van der Waals surface area contributed by atoms with Crippen LogP contribution in [0.5, 0.6) is 0 Å². The highest BCUT2D eigenvalue weighted by Gasteiger charge is 2.10. The summed E-state index contributed by atoms with van der Waals surface area (Å²) in [5, 5.41) is 0.411. The molecule has 2 aromatic rings. The lowest BCUT2D eigenvalue weighted by molar-refractivity contribution is 0.630. The largest absolute Gasteiger partial charge is 0.261 e. The minimum absolute atomic E-state index is 0.319. The lowest BCUT2D eigenvalue weighted by Crippen LogP contribution is -1.97. The van der Waals surface area contributed by atoms with Gasteiger partial charge in [0, 0.05) is 23.0 Å². The number of halogens is 2. The predicted molar refractivity (Wildman–Crippen MR) is 73.2 cm³/mol. The molecule has 0 saturated heterocycles. The third-order valence-electron chi connectivity index (χ3n) is 2.69. The van der Waals surface area contributed by atoms with E-state index in [4.69, 9.17) is 11.6 Å². The van der Waals surface area contributed by atoms with E-state index in [0.717, 1.165) is 12.1 Å². The van der Waals surface area contributed by atoms with Crippen molar-refractivity contribution < 1.29 is 4.39 Å². The van der Waals surface area contributed by atoms with Crippen molar-refractivity contribution in [1.82, 2.24) is 4.98 Å². The van der Waals surface area contributed by atoms with E-state index in [0.29, 0.717) is 22.1 Å². The number of nitrogens with zero attached hydrogens (tertiary/aromatic N) is 1. The Hall–Kier alpha value is -1.41. The van der Waals surface area contributed by atoms with E-state index in [1.165, 1.54) is 6.07 Å². The van der Waals surface area contributed by atoms with E-state index in [9.17, 15) is 4.39 Å². The molecule has 0 saturated carbocycles. The standard InChI is InChI=1S/C15H15ClFN/c1-10(2)8-12-7-6-11(9-18-12)15-13(16)4-3-5-14(15)17/h3-7,9-10H,8H2,1-2H3. The van der Waals surface area contributed by atoms with Crippen molar-refractivity contribution >= 4 is 11.6 Å². The van der Waals surface area contributed by atoms with Crippen LogP contribution in [0.2, 0.25) is 5.02 Å². The Kier molecular flexibility index (Phi) is 3.97. The third kappa shape index (κ3) is 2.88. The number of hydrogen-bond acceptors (Lipinski definition) is 1. The van der Waals surface area contributed by atoms with Gasteiger partial charge in [-0.1, -0.05) is 37.6 Å². The van der Waals surface area contributed by atoms with Gasteiger partial charge in [-0.25, -0.2) is 4.39 Å². The van der Waals surface area contributed by atoms with Crippen LogP contribution in [0, 0.1) is 11.7 Å². The molecule has 0 aliphatic rings. The zero-order chi connectivity index (χ0) is 13.1. The molecule has 0 amide bonds. The van der Waals surface area contributed by atoms with Crippen LogP contribution in [0.15, 0.2) is 36.5 Å². The molecule has 1 heterocycles. The second-order valence-electron chi connectivity index (χ2n) is 4.73. The van der Waals surface area contributed by atoms with Gasteiger partial charge in [0.1, 0.15) is 5.82 Å². The first-order valence-electron chi connectivity index (χ1n) is 5.97. The first kappa shape index (κ1) is 13.0. The number of aromatic nitrogens is 1. The predicted octanol–water partition coefficient (Wildman–Crippen LogP) is 4.74. The quantitative estimate of drug-likeness (QED) is 0.779. The van der Waals surface area contributed by atoms with Crippen LogP contribution in [-0.2, 0) is 6.42 Å². The van der Waals surface area contributed by atoms with Gasteiger partial charge in [-0.15, -0.1) is 0 Å². The summed E-state index contributed by atoms with van der Waals surface area (Å²) in [7, 11) is 0. The van der Waals surface area contributed by atoms with Crippen LogP contribution < -0.4 is 0 Å². The molecule has 1 aromatic carbocycles. The van der Waals surface area contributed by atoms with Gasteiger partial charge in [0.15, 0.2) is 0 Å². The Balaban J connectivity index is 2.35. The van der Waals surface area contributed by atoms with Crippen molar-refractivity contribution in [3.8, 4) is 11.1 Å². The SMILES string of the molecule is CC(C)Cc1ccc(-c2c(F)cccc2Cl)cn1. The molecule has 0 aliphatic carbocycles. The molecule has 3 heteroatoms. The fraction of sp³-hybridized carbons (Fsp3) is 0.267. The van der Waals surface area contributed by atoms with Gasteiger partial charge in [0.2, 0.25) is 0 Å². The average Bonchev–Trinajstić information content (AvgIpc) is 2.30. The van der Waals surface area contributed by atoms with Gasteiger partial charge in [-0.05, 0) is 30.5 Å². The zero-order valence-electron chi connectivity index (χ0n) is 10.5. The molecule has 0 bridgehead atoms. The monoisotopic (exact) mass is 263 g/mol. The average molecular weight is 264 g/mol. The maximum absolute atomic E-state index is 13.7. The number of rotatable bonds is 3. The van der Waals surface area contributed by atoms with Gasteiger partial charge < -0.3 is 0 Å². The Morgan fingerprint density at radius 3 is 2.56 bits per heavy atom. The smallest absolute Gasteiger partial charge is 0.132 e. The minimum Gasteiger partial charge on any atom is -0.261 e. The number of benzene rings is 1. The van der Waals surface area contributed by atoms with Crippen LogP contribution >= 0.6 is 11.6 Å². The molecule has 1 aromatic heterocycles. The molecule has 0 N–H and O–H groups in total. The molecule has 0 radical (unpaired) electrons. The molecule has 94 valence electrons. The summed E-state index contributed by atoms with van der Waals surface area (Å²) in [6.07, 6.45) is 2.60. The van der Waals surface area contributed by atoms with Gasteiger partial charge >= 0.3 is 0 Å². The molecular formula is C15H15ClFN. The molecule has 0 atom stereocenters. The van der Waals surface area contributed by atoms with Crippen molar-refractivity contribution in [3.63, 3.8) is 0 Å². The van der Waals surface area contributed by atoms with Crippen molar-refractivity contribution in [1.29, 1.82) is 0 Å². The Labute approximate surface area is 112 Å². The summed E-state index contributed by atoms with van der Waals surface area (Å²) in [6, 6.07) is 8.49. The summed E-state index contributed by atoms with van der Waals surface area (Å²) >= 11 is 6.02. The third-order valence-corrected chi connectivity index (χ3v) is 3.01. The highest BCUT2D eigenvalue weighted by atomic mass is 35.5. The minimum atomic E-state index is -0.319. The molecule has 0 spiro atoms. The normalized spacial score (nSPS) is 10.9. The summed E-state index contributed by atoms with van der Waals surface area (Å²) in [5.74, 6) is 0.237. The maximum Gasteiger partial charge on any atom is 0.132 e. The van der Waals surface area contributed by atoms with Crippen LogP contribution in [0.25, 0.3) is 11.1 Å². The summed E-state index contributed by atoms with van der Waals surface area (Å²) in [5.41, 5.74) is 2.15. The molecule has 0 unspecified atom stereocenters. The van der Waals surface area contributed by atoms with Crippen LogP contribution in [-0.4, -0.2) is 4.98 Å². The van der Waals surface area contributed by atoms with Crippen molar-refractivity contribution in [2.75, 3.05) is 0 Å². The molecule has 0 aliphatic heterocycles. The Morgan fingerprint density at radius 1 is 1.22 bits per heavy atom. The van der Waals surface area contributed by atoms with Gasteiger partial charge in [0.25, 0.3) is 0 Å². The lowest BCUT2D eigenvalue weighted by Gasteiger charge is -2.08. The van der Waals surface area contributed by atoms with Gasteiger partial charge in [-0.3, -0.25) is 4.98 Å². The van der Waals surface area contributed by atoms with Crippen LogP contribution in [0.4, 0.5) is 4.39 Å². The molecule has 0 fully saturated rings. The highest BCUT2D eigenvalue weighted by Crippen LogP contribution is 2.30. The van der Waals surface area contributed by atoms with E-state index >= 15 is 0 Å². The van der Waals surface area contributed by atoms with Gasteiger partial charge in [-0.2, -0.15) is 0 Å². The Morgan fingerprint density at radius 2 is 2.00 bits per heavy atom. The van der Waals surface area contributed by atoms with Crippen LogP contribution in [0.1, 0.15) is 19.5 Å². The highest BCUT2D eigenvalue weighted by molar-refractivity contribution is 6.33. The van der Waals surface area contributed by atoms with Crippen LogP contribution in [0.3, 0.4) is 0 Å². The topological polar surface area (TPSA) is 12.9 Å². The molecule has 1 nitrogen and oxygen atoms in total.